The molecule has 2 atom stereocenters. The molecule has 2 heterocycles. The number of aromatic nitrogens is 1. The lowest BCUT2D eigenvalue weighted by Crippen LogP contribution is -2.38. The second kappa shape index (κ2) is 6.97. The van der Waals surface area contributed by atoms with Crippen LogP contribution in [0.3, 0.4) is 0 Å². The zero-order chi connectivity index (χ0) is 14.5. The van der Waals surface area contributed by atoms with Crippen LogP contribution in [0, 0.1) is 6.92 Å². The van der Waals surface area contributed by atoms with E-state index in [1.54, 1.807) is 0 Å². The summed E-state index contributed by atoms with van der Waals surface area (Å²) < 4.78 is 0. The van der Waals surface area contributed by atoms with Crippen LogP contribution in [0.5, 0.6) is 0 Å². The molecule has 0 saturated carbocycles. The third-order valence-electron chi connectivity index (χ3n) is 3.93. The summed E-state index contributed by atoms with van der Waals surface area (Å²) in [7, 11) is 2.16. The van der Waals surface area contributed by atoms with Crippen LogP contribution in [0.2, 0.25) is 0 Å². The number of thiophene rings is 1. The molecule has 0 radical (unpaired) electrons. The lowest BCUT2D eigenvalue weighted by atomic mass is 10.0. The van der Waals surface area contributed by atoms with E-state index >= 15 is 0 Å². The molecule has 0 spiro atoms. The molecule has 2 aromatic rings. The van der Waals surface area contributed by atoms with Gasteiger partial charge in [0, 0.05) is 35.9 Å². The molecule has 0 bridgehead atoms. The summed E-state index contributed by atoms with van der Waals surface area (Å²) in [6.07, 6.45) is 4.84. The fourth-order valence-corrected chi connectivity index (χ4v) is 3.34. The fourth-order valence-electron chi connectivity index (χ4n) is 2.51. The predicted molar refractivity (Wildman–Crippen MR) is 86.0 cm³/mol. The molecule has 0 fully saturated rings. The van der Waals surface area contributed by atoms with E-state index in [4.69, 9.17) is 5.73 Å². The minimum absolute atomic E-state index is 0.221. The van der Waals surface area contributed by atoms with Crippen molar-refractivity contribution in [3.05, 3.63) is 52.0 Å². The van der Waals surface area contributed by atoms with Crippen LogP contribution in [0.1, 0.15) is 29.0 Å². The highest BCUT2D eigenvalue weighted by Crippen LogP contribution is 2.24. The van der Waals surface area contributed by atoms with Crippen LogP contribution in [-0.2, 0) is 6.42 Å². The lowest BCUT2D eigenvalue weighted by Gasteiger charge is -2.33. The first-order chi connectivity index (χ1) is 9.63. The molecule has 2 unspecified atom stereocenters. The van der Waals surface area contributed by atoms with Crippen molar-refractivity contribution in [1.29, 1.82) is 0 Å². The molecule has 0 aliphatic carbocycles. The van der Waals surface area contributed by atoms with E-state index in [2.05, 4.69) is 54.4 Å². The van der Waals surface area contributed by atoms with Crippen LogP contribution in [0.4, 0.5) is 0 Å². The van der Waals surface area contributed by atoms with Gasteiger partial charge in [0.1, 0.15) is 0 Å². The molecule has 4 heteroatoms. The number of nitrogens with zero attached hydrogens (tertiary/aromatic N) is 2. The monoisotopic (exact) mass is 289 g/mol. The van der Waals surface area contributed by atoms with Crippen molar-refractivity contribution in [1.82, 2.24) is 9.88 Å². The van der Waals surface area contributed by atoms with Crippen LogP contribution < -0.4 is 5.73 Å². The molecule has 0 amide bonds. The average molecular weight is 289 g/mol. The van der Waals surface area contributed by atoms with E-state index in [0.717, 1.165) is 6.42 Å². The second-order valence-corrected chi connectivity index (χ2v) is 6.31. The highest BCUT2D eigenvalue weighted by Gasteiger charge is 2.22. The summed E-state index contributed by atoms with van der Waals surface area (Å²) in [5.74, 6) is 0. The largest absolute Gasteiger partial charge is 0.329 e. The molecule has 0 aromatic carbocycles. The van der Waals surface area contributed by atoms with Gasteiger partial charge in [-0.1, -0.05) is 6.07 Å². The summed E-state index contributed by atoms with van der Waals surface area (Å²) in [4.78, 5) is 8.04. The SMILES string of the molecule is Cc1ccncc1C(CN)N(C)C(C)Cc1cccs1. The summed E-state index contributed by atoms with van der Waals surface area (Å²) in [5.41, 5.74) is 8.51. The predicted octanol–water partition coefficient (Wildman–Crippen LogP) is 3.01. The van der Waals surface area contributed by atoms with Gasteiger partial charge in [0.05, 0.1) is 0 Å². The summed E-state index contributed by atoms with van der Waals surface area (Å²) in [5, 5.41) is 2.13. The van der Waals surface area contributed by atoms with Gasteiger partial charge in [0.2, 0.25) is 0 Å². The Morgan fingerprint density at radius 1 is 1.40 bits per heavy atom. The van der Waals surface area contributed by atoms with Crippen molar-refractivity contribution < 1.29 is 0 Å². The van der Waals surface area contributed by atoms with Gasteiger partial charge in [-0.15, -0.1) is 11.3 Å². The Morgan fingerprint density at radius 2 is 2.20 bits per heavy atom. The number of nitrogens with two attached hydrogens (primary N) is 1. The third kappa shape index (κ3) is 3.45. The van der Waals surface area contributed by atoms with Crippen LogP contribution in [0.25, 0.3) is 0 Å². The summed E-state index contributed by atoms with van der Waals surface area (Å²) in [6.45, 7) is 4.99. The first-order valence-corrected chi connectivity index (χ1v) is 7.86. The number of hydrogen-bond donors (Lipinski definition) is 1. The smallest absolute Gasteiger partial charge is 0.0488 e. The van der Waals surface area contributed by atoms with E-state index in [-0.39, 0.29) is 6.04 Å². The van der Waals surface area contributed by atoms with Crippen molar-refractivity contribution in [3.8, 4) is 0 Å². The molecule has 3 nitrogen and oxygen atoms in total. The molecular formula is C16H23N3S. The number of likely N-dealkylation sites (N-methyl/N-ethyl adjacent to an activating group) is 1. The normalized spacial score (nSPS) is 14.4. The van der Waals surface area contributed by atoms with Gasteiger partial charge >= 0.3 is 0 Å². The van der Waals surface area contributed by atoms with Crippen LogP contribution >= 0.6 is 11.3 Å². The summed E-state index contributed by atoms with van der Waals surface area (Å²) in [6, 6.07) is 7.02. The number of pyridine rings is 1. The average Bonchev–Trinajstić information content (AvgIpc) is 2.94. The highest BCUT2D eigenvalue weighted by molar-refractivity contribution is 7.09. The van der Waals surface area contributed by atoms with Gasteiger partial charge in [-0.25, -0.2) is 0 Å². The molecule has 0 aliphatic heterocycles. The molecule has 0 saturated heterocycles. The minimum atomic E-state index is 0.221. The van der Waals surface area contributed by atoms with Gasteiger partial charge in [-0.05, 0) is 56.0 Å². The van der Waals surface area contributed by atoms with Crippen LogP contribution in [0.15, 0.2) is 36.0 Å². The van der Waals surface area contributed by atoms with E-state index in [9.17, 15) is 0 Å². The van der Waals surface area contributed by atoms with Gasteiger partial charge in [0.25, 0.3) is 0 Å². The Labute approximate surface area is 125 Å². The first kappa shape index (κ1) is 15.2. The first-order valence-electron chi connectivity index (χ1n) is 6.98. The van der Waals surface area contributed by atoms with Gasteiger partial charge in [0.15, 0.2) is 0 Å². The molecule has 2 rings (SSSR count). The Bertz CT molecular complexity index is 524. The number of hydrogen-bond acceptors (Lipinski definition) is 4. The van der Waals surface area contributed by atoms with Crippen LogP contribution in [-0.4, -0.2) is 29.5 Å². The highest BCUT2D eigenvalue weighted by atomic mass is 32.1. The quantitative estimate of drug-likeness (QED) is 0.889. The van der Waals surface area contributed by atoms with Gasteiger partial charge in [-0.3, -0.25) is 9.88 Å². The van der Waals surface area contributed by atoms with E-state index < -0.39 is 0 Å². The maximum absolute atomic E-state index is 6.02. The zero-order valence-electron chi connectivity index (χ0n) is 12.4. The van der Waals surface area contributed by atoms with E-state index in [0.29, 0.717) is 12.6 Å². The molecular weight excluding hydrogens is 266 g/mol. The van der Waals surface area contributed by atoms with Gasteiger partial charge < -0.3 is 5.73 Å². The molecule has 2 N–H and O–H groups in total. The Balaban J connectivity index is 2.12. The number of aryl methyl sites for hydroxylation is 1. The Morgan fingerprint density at radius 3 is 2.80 bits per heavy atom. The maximum Gasteiger partial charge on any atom is 0.0488 e. The molecule has 108 valence electrons. The van der Waals surface area contributed by atoms with Crippen molar-refractivity contribution >= 4 is 11.3 Å². The minimum Gasteiger partial charge on any atom is -0.329 e. The Kier molecular flexibility index (Phi) is 5.29. The molecule has 2 aromatic heterocycles. The molecule has 20 heavy (non-hydrogen) atoms. The van der Waals surface area contributed by atoms with E-state index in [1.165, 1.54) is 16.0 Å². The topological polar surface area (TPSA) is 42.1 Å². The second-order valence-electron chi connectivity index (χ2n) is 5.28. The Hall–Kier alpha value is -1.23. The third-order valence-corrected chi connectivity index (χ3v) is 4.82. The lowest BCUT2D eigenvalue weighted by molar-refractivity contribution is 0.187. The summed E-state index contributed by atoms with van der Waals surface area (Å²) >= 11 is 1.82. The van der Waals surface area contributed by atoms with Crippen molar-refractivity contribution in [2.24, 2.45) is 5.73 Å². The zero-order valence-corrected chi connectivity index (χ0v) is 13.2. The number of rotatable bonds is 6. The standard InChI is InChI=1S/C16H23N3S/c1-12-6-7-18-11-15(12)16(10-17)19(3)13(2)9-14-5-4-8-20-14/h4-8,11,13,16H,9-10,17H2,1-3H3. The van der Waals surface area contributed by atoms with Crippen molar-refractivity contribution in [3.63, 3.8) is 0 Å². The van der Waals surface area contributed by atoms with E-state index in [1.807, 2.05) is 23.7 Å². The fraction of sp³-hybridized carbons (Fsp3) is 0.438. The van der Waals surface area contributed by atoms with Crippen molar-refractivity contribution in [2.45, 2.75) is 32.4 Å². The maximum atomic E-state index is 6.02. The molecule has 0 aliphatic rings. The van der Waals surface area contributed by atoms with Gasteiger partial charge in [-0.2, -0.15) is 0 Å². The van der Waals surface area contributed by atoms with Crippen molar-refractivity contribution in [2.75, 3.05) is 13.6 Å².